The maximum absolute atomic E-state index is 2.50. The smallest absolute Gasteiger partial charge is 0.209 e. The van der Waals surface area contributed by atoms with Crippen LogP contribution in [0.25, 0.3) is 0 Å². The number of benzene rings is 2. The van der Waals surface area contributed by atoms with Gasteiger partial charge >= 0.3 is 0 Å². The van der Waals surface area contributed by atoms with Gasteiger partial charge in [0.05, 0.1) is 5.41 Å². The minimum Gasteiger partial charge on any atom is -0.344 e. The number of para-hydroxylation sites is 2. The SMILES string of the molecule is CCCN1/C(=C/C=C/C=C/C2=[N+](CCC)c3ccccc3C2(C)C)C(C)(C)c2ccccc21. The van der Waals surface area contributed by atoms with Crippen LogP contribution in [0.5, 0.6) is 0 Å². The highest BCUT2D eigenvalue weighted by molar-refractivity contribution is 6.03. The van der Waals surface area contributed by atoms with Gasteiger partial charge in [-0.3, -0.25) is 0 Å². The molecule has 0 amide bonds. The molecule has 2 aromatic carbocycles. The minimum atomic E-state index is 0.0155. The first-order chi connectivity index (χ1) is 15.8. The summed E-state index contributed by atoms with van der Waals surface area (Å²) in [4.78, 5) is 2.50. The van der Waals surface area contributed by atoms with E-state index in [0.29, 0.717) is 0 Å². The molecule has 0 aliphatic carbocycles. The van der Waals surface area contributed by atoms with E-state index in [1.54, 1.807) is 0 Å². The van der Waals surface area contributed by atoms with E-state index in [1.807, 2.05) is 0 Å². The Morgan fingerprint density at radius 1 is 0.788 bits per heavy atom. The summed E-state index contributed by atoms with van der Waals surface area (Å²) in [5.74, 6) is 0. The van der Waals surface area contributed by atoms with Gasteiger partial charge in [-0.2, -0.15) is 4.58 Å². The number of hydrogen-bond donors (Lipinski definition) is 0. The maximum atomic E-state index is 2.50. The number of hydrogen-bond acceptors (Lipinski definition) is 1. The van der Waals surface area contributed by atoms with Crippen molar-refractivity contribution in [3.63, 3.8) is 0 Å². The third-order valence-electron chi connectivity index (χ3n) is 7.22. The Bertz CT molecular complexity index is 1140. The van der Waals surface area contributed by atoms with Gasteiger partial charge < -0.3 is 4.90 Å². The van der Waals surface area contributed by atoms with Crippen molar-refractivity contribution in [1.29, 1.82) is 0 Å². The fourth-order valence-corrected chi connectivity index (χ4v) is 5.57. The second-order valence-electron chi connectivity index (χ2n) is 10.3. The van der Waals surface area contributed by atoms with Crippen LogP contribution in [0.15, 0.2) is 84.6 Å². The molecule has 0 unspecified atom stereocenters. The first-order valence-corrected chi connectivity index (χ1v) is 12.5. The molecule has 0 bridgehead atoms. The van der Waals surface area contributed by atoms with Gasteiger partial charge in [0.1, 0.15) is 6.54 Å². The van der Waals surface area contributed by atoms with E-state index in [1.165, 1.54) is 33.9 Å². The largest absolute Gasteiger partial charge is 0.344 e. The lowest BCUT2D eigenvalue weighted by Crippen LogP contribution is -2.27. The first kappa shape index (κ1) is 23.3. The van der Waals surface area contributed by atoms with Crippen LogP contribution < -0.4 is 4.90 Å². The average Bonchev–Trinajstić information content (AvgIpc) is 3.14. The van der Waals surface area contributed by atoms with Gasteiger partial charge in [-0.1, -0.05) is 82.3 Å². The molecule has 0 saturated carbocycles. The third kappa shape index (κ3) is 4.01. The summed E-state index contributed by atoms with van der Waals surface area (Å²) in [6, 6.07) is 17.7. The van der Waals surface area contributed by atoms with Crippen molar-refractivity contribution in [2.75, 3.05) is 18.0 Å². The molecule has 2 heterocycles. The number of fused-ring (bicyclic) bond motifs is 2. The summed E-state index contributed by atoms with van der Waals surface area (Å²) >= 11 is 0. The first-order valence-electron chi connectivity index (χ1n) is 12.5. The molecule has 0 aromatic heterocycles. The molecule has 0 spiro atoms. The van der Waals surface area contributed by atoms with E-state index < -0.39 is 0 Å². The van der Waals surface area contributed by atoms with E-state index in [4.69, 9.17) is 0 Å². The Morgan fingerprint density at radius 3 is 2.21 bits per heavy atom. The Kier molecular flexibility index (Phi) is 6.47. The second-order valence-corrected chi connectivity index (χ2v) is 10.3. The Morgan fingerprint density at radius 2 is 1.48 bits per heavy atom. The lowest BCUT2D eigenvalue weighted by Gasteiger charge is -2.26. The Hall–Kier alpha value is -2.87. The van der Waals surface area contributed by atoms with E-state index in [-0.39, 0.29) is 10.8 Å². The molecule has 0 N–H and O–H groups in total. The van der Waals surface area contributed by atoms with Gasteiger partial charge in [0.2, 0.25) is 5.69 Å². The van der Waals surface area contributed by atoms with Gasteiger partial charge in [-0.25, -0.2) is 0 Å². The predicted molar refractivity (Wildman–Crippen MR) is 143 cm³/mol. The average molecular weight is 440 g/mol. The molecule has 2 nitrogen and oxygen atoms in total. The standard InChI is InChI=1S/C31H39N2/c1-7-22-32-26-18-14-12-16-24(26)30(3,4)28(32)20-10-9-11-21-29-31(5,6)25-17-13-15-19-27(25)33(29)23-8-2/h9-21H,7-8,22-23H2,1-6H3/q+1. The number of anilines is 1. The van der Waals surface area contributed by atoms with Gasteiger partial charge in [0.15, 0.2) is 5.71 Å². The highest BCUT2D eigenvalue weighted by atomic mass is 15.2. The van der Waals surface area contributed by atoms with Crippen LogP contribution in [0.2, 0.25) is 0 Å². The van der Waals surface area contributed by atoms with Crippen molar-refractivity contribution in [2.24, 2.45) is 0 Å². The van der Waals surface area contributed by atoms with Gasteiger partial charge in [-0.05, 0) is 38.0 Å². The summed E-state index contributed by atoms with van der Waals surface area (Å²) in [6.45, 7) is 16.0. The van der Waals surface area contributed by atoms with Crippen molar-refractivity contribution >= 4 is 17.1 Å². The topological polar surface area (TPSA) is 6.25 Å². The Balaban J connectivity index is 1.62. The molecule has 2 aliphatic rings. The van der Waals surface area contributed by atoms with Crippen LogP contribution >= 0.6 is 0 Å². The van der Waals surface area contributed by atoms with E-state index in [0.717, 1.165) is 25.9 Å². The summed E-state index contributed by atoms with van der Waals surface area (Å²) in [6.07, 6.45) is 13.5. The van der Waals surface area contributed by atoms with Crippen molar-refractivity contribution in [1.82, 2.24) is 0 Å². The molecular formula is C31H39N2+. The zero-order chi connectivity index (χ0) is 23.6. The molecule has 2 heteroatoms. The summed E-state index contributed by atoms with van der Waals surface area (Å²) in [5.41, 5.74) is 8.35. The lowest BCUT2D eigenvalue weighted by atomic mass is 9.81. The number of nitrogens with zero attached hydrogens (tertiary/aromatic N) is 2. The molecule has 2 aromatic rings. The number of rotatable bonds is 7. The predicted octanol–water partition coefficient (Wildman–Crippen LogP) is 7.68. The van der Waals surface area contributed by atoms with Crippen LogP contribution in [0.3, 0.4) is 0 Å². The third-order valence-corrected chi connectivity index (χ3v) is 7.22. The van der Waals surface area contributed by atoms with E-state index >= 15 is 0 Å². The normalized spacial score (nSPS) is 19.8. The second kappa shape index (κ2) is 9.17. The summed E-state index contributed by atoms with van der Waals surface area (Å²) in [7, 11) is 0. The summed E-state index contributed by atoms with van der Waals surface area (Å²) < 4.78 is 2.50. The molecule has 2 aliphatic heterocycles. The molecule has 33 heavy (non-hydrogen) atoms. The van der Waals surface area contributed by atoms with Crippen LogP contribution in [0.4, 0.5) is 11.4 Å². The monoisotopic (exact) mass is 439 g/mol. The lowest BCUT2D eigenvalue weighted by molar-refractivity contribution is -0.437. The fourth-order valence-electron chi connectivity index (χ4n) is 5.57. The molecule has 0 radical (unpaired) electrons. The quantitative estimate of drug-likeness (QED) is 0.317. The van der Waals surface area contributed by atoms with Crippen LogP contribution in [-0.4, -0.2) is 23.4 Å². The van der Waals surface area contributed by atoms with Gasteiger partial charge in [0, 0.05) is 47.5 Å². The molecule has 172 valence electrons. The molecule has 4 rings (SSSR count). The van der Waals surface area contributed by atoms with Crippen LogP contribution in [0.1, 0.15) is 65.5 Å². The molecule has 0 atom stereocenters. The maximum Gasteiger partial charge on any atom is 0.209 e. The van der Waals surface area contributed by atoms with Crippen molar-refractivity contribution in [3.8, 4) is 0 Å². The van der Waals surface area contributed by atoms with Crippen LogP contribution in [0, 0.1) is 0 Å². The molecule has 0 fully saturated rings. The highest BCUT2D eigenvalue weighted by Gasteiger charge is 2.43. The van der Waals surface area contributed by atoms with E-state index in [2.05, 4.69) is 130 Å². The summed E-state index contributed by atoms with van der Waals surface area (Å²) in [5, 5.41) is 0. The zero-order valence-electron chi connectivity index (χ0n) is 21.2. The van der Waals surface area contributed by atoms with Crippen LogP contribution in [-0.2, 0) is 10.8 Å². The number of allylic oxidation sites excluding steroid dienone is 6. The fraction of sp³-hybridized carbons (Fsp3) is 0.387. The molecular weight excluding hydrogens is 400 g/mol. The van der Waals surface area contributed by atoms with Crippen molar-refractivity contribution in [2.45, 2.75) is 65.2 Å². The highest BCUT2D eigenvalue weighted by Crippen LogP contribution is 2.47. The Labute approximate surface area is 200 Å². The van der Waals surface area contributed by atoms with E-state index in [9.17, 15) is 0 Å². The minimum absolute atomic E-state index is 0.0155. The van der Waals surface area contributed by atoms with Gasteiger partial charge in [-0.15, -0.1) is 0 Å². The van der Waals surface area contributed by atoms with Crippen molar-refractivity contribution in [3.05, 3.63) is 95.7 Å². The molecule has 0 saturated heterocycles. The van der Waals surface area contributed by atoms with Crippen molar-refractivity contribution < 1.29 is 4.58 Å². The van der Waals surface area contributed by atoms with Gasteiger partial charge in [0.25, 0.3) is 0 Å². The zero-order valence-corrected chi connectivity index (χ0v) is 21.2.